The lowest BCUT2D eigenvalue weighted by Crippen LogP contribution is -2.13. The van der Waals surface area contributed by atoms with E-state index in [2.05, 4.69) is 0 Å². The average molecular weight is 324 g/mol. The molecule has 0 spiro atoms. The average Bonchev–Trinajstić information content (AvgIpc) is 2.54. The van der Waals surface area contributed by atoms with Gasteiger partial charge in [0.2, 0.25) is 0 Å². The number of aliphatic hydroxyl groups is 2. The quantitative estimate of drug-likeness (QED) is 0.729. The minimum atomic E-state index is -4.00. The smallest absolute Gasteiger partial charge is 0.294 e. The molecule has 22 heavy (non-hydrogen) atoms. The van der Waals surface area contributed by atoms with Crippen molar-refractivity contribution in [2.75, 3.05) is 13.2 Å². The number of hydrogen-bond acceptors (Lipinski definition) is 4. The first kappa shape index (κ1) is 18.3. The molecule has 2 aromatic carbocycles. The van der Waals surface area contributed by atoms with Crippen LogP contribution in [0.1, 0.15) is 5.56 Å². The van der Waals surface area contributed by atoms with Crippen LogP contribution in [-0.2, 0) is 16.5 Å². The largest absolute Gasteiger partial charge is 0.396 e. The highest BCUT2D eigenvalue weighted by molar-refractivity contribution is 7.85. The summed E-state index contributed by atoms with van der Waals surface area (Å²) in [5.74, 6) is -0.0209. The van der Waals surface area contributed by atoms with Gasteiger partial charge in [0.25, 0.3) is 10.1 Å². The van der Waals surface area contributed by atoms with Crippen LogP contribution in [-0.4, -0.2) is 36.4 Å². The molecule has 0 radical (unpaired) electrons. The third-order valence-corrected chi connectivity index (χ3v) is 3.79. The highest BCUT2D eigenvalue weighted by atomic mass is 32.2. The molecule has 0 aliphatic carbocycles. The fourth-order valence-corrected chi connectivity index (χ4v) is 2.23. The topological polar surface area (TPSA) is 94.8 Å². The molecule has 0 aliphatic heterocycles. The fraction of sp³-hybridized carbons (Fsp3) is 0.250. The Bertz CT molecular complexity index is 622. The van der Waals surface area contributed by atoms with Crippen molar-refractivity contribution in [3.8, 4) is 0 Å². The molecule has 0 aromatic heterocycles. The van der Waals surface area contributed by atoms with Crippen LogP contribution in [0.3, 0.4) is 0 Å². The van der Waals surface area contributed by atoms with E-state index in [9.17, 15) is 8.42 Å². The summed E-state index contributed by atoms with van der Waals surface area (Å²) < 4.78 is 29.2. The lowest BCUT2D eigenvalue weighted by atomic mass is 10.0. The van der Waals surface area contributed by atoms with Crippen LogP contribution in [0.15, 0.2) is 65.6 Å². The van der Waals surface area contributed by atoms with Gasteiger partial charge >= 0.3 is 0 Å². The van der Waals surface area contributed by atoms with Gasteiger partial charge in [-0.25, -0.2) is 0 Å². The lowest BCUT2D eigenvalue weighted by molar-refractivity contribution is 0.150. The van der Waals surface area contributed by atoms with Crippen LogP contribution < -0.4 is 0 Å². The monoisotopic (exact) mass is 324 g/mol. The maximum Gasteiger partial charge on any atom is 0.294 e. The van der Waals surface area contributed by atoms with Gasteiger partial charge in [-0.3, -0.25) is 4.55 Å². The van der Waals surface area contributed by atoms with Gasteiger partial charge in [0, 0.05) is 19.1 Å². The molecule has 3 N–H and O–H groups in total. The second-order valence-electron chi connectivity index (χ2n) is 4.71. The zero-order valence-corrected chi connectivity index (χ0v) is 12.9. The van der Waals surface area contributed by atoms with E-state index in [4.69, 9.17) is 14.8 Å². The summed E-state index contributed by atoms with van der Waals surface area (Å²) in [7, 11) is -4.00. The molecule has 0 bridgehead atoms. The van der Waals surface area contributed by atoms with Crippen molar-refractivity contribution in [3.05, 3.63) is 66.2 Å². The van der Waals surface area contributed by atoms with Crippen molar-refractivity contribution in [3.63, 3.8) is 0 Å². The van der Waals surface area contributed by atoms with Crippen molar-refractivity contribution in [1.82, 2.24) is 0 Å². The summed E-state index contributed by atoms with van der Waals surface area (Å²) in [5.41, 5.74) is 1.16. The SMILES string of the molecule is O=S(=O)(O)c1ccccc1.OCC(CO)Cc1ccccc1. The molecule has 0 heterocycles. The molecule has 0 saturated carbocycles. The van der Waals surface area contributed by atoms with Gasteiger partial charge < -0.3 is 10.2 Å². The summed E-state index contributed by atoms with van der Waals surface area (Å²) in [4.78, 5) is -0.0741. The summed E-state index contributed by atoms with van der Waals surface area (Å²) in [6, 6.07) is 17.3. The third-order valence-electron chi connectivity index (χ3n) is 2.92. The van der Waals surface area contributed by atoms with E-state index >= 15 is 0 Å². The van der Waals surface area contributed by atoms with Crippen LogP contribution in [0, 0.1) is 5.92 Å². The van der Waals surface area contributed by atoms with Gasteiger partial charge in [0.15, 0.2) is 0 Å². The molecule has 0 unspecified atom stereocenters. The Morgan fingerprint density at radius 1 is 0.818 bits per heavy atom. The molecule has 0 saturated heterocycles. The van der Waals surface area contributed by atoms with E-state index < -0.39 is 10.1 Å². The minimum absolute atomic E-state index is 0.0209. The van der Waals surface area contributed by atoms with Crippen LogP contribution in [0.4, 0.5) is 0 Å². The van der Waals surface area contributed by atoms with Gasteiger partial charge in [-0.05, 0) is 24.1 Å². The predicted octanol–water partition coefficient (Wildman–Crippen LogP) is 1.76. The number of benzene rings is 2. The first-order chi connectivity index (χ1) is 10.5. The summed E-state index contributed by atoms with van der Waals surface area (Å²) >= 11 is 0. The van der Waals surface area contributed by atoms with Crippen LogP contribution in [0.25, 0.3) is 0 Å². The third kappa shape index (κ3) is 6.82. The Balaban J connectivity index is 0.000000224. The van der Waals surface area contributed by atoms with E-state index in [0.717, 1.165) is 12.0 Å². The number of aliphatic hydroxyl groups excluding tert-OH is 2. The molecule has 2 aromatic rings. The molecule has 5 nitrogen and oxygen atoms in total. The molecule has 6 heteroatoms. The second-order valence-corrected chi connectivity index (χ2v) is 6.13. The lowest BCUT2D eigenvalue weighted by Gasteiger charge is -2.09. The fourth-order valence-electron chi connectivity index (χ4n) is 1.73. The maximum atomic E-state index is 10.4. The highest BCUT2D eigenvalue weighted by Gasteiger charge is 2.06. The van der Waals surface area contributed by atoms with Crippen LogP contribution in [0.5, 0.6) is 0 Å². The Morgan fingerprint density at radius 2 is 1.27 bits per heavy atom. The van der Waals surface area contributed by atoms with Crippen molar-refractivity contribution < 1.29 is 23.2 Å². The molecule has 0 amide bonds. The summed E-state index contributed by atoms with van der Waals surface area (Å²) in [6.07, 6.45) is 0.744. The van der Waals surface area contributed by atoms with Gasteiger partial charge in [-0.1, -0.05) is 48.5 Å². The van der Waals surface area contributed by atoms with Gasteiger partial charge in [0.05, 0.1) is 4.90 Å². The van der Waals surface area contributed by atoms with E-state index in [1.165, 1.54) is 12.1 Å². The summed E-state index contributed by atoms with van der Waals surface area (Å²) in [6.45, 7) is 0.0940. The molecule has 2 rings (SSSR count). The maximum absolute atomic E-state index is 10.4. The Labute approximate surface area is 130 Å². The molecule has 120 valence electrons. The van der Waals surface area contributed by atoms with Crippen LogP contribution in [0.2, 0.25) is 0 Å². The second kappa shape index (κ2) is 9.32. The zero-order valence-electron chi connectivity index (χ0n) is 12.0. The number of hydrogen-bond donors (Lipinski definition) is 3. The molecule has 0 fully saturated rings. The first-order valence-corrected chi connectivity index (χ1v) is 8.19. The molecule has 0 atom stereocenters. The normalized spacial score (nSPS) is 10.9. The zero-order chi connectivity index (χ0) is 16.4. The molecule has 0 aliphatic rings. The van der Waals surface area contributed by atoms with E-state index in [-0.39, 0.29) is 24.0 Å². The Hall–Kier alpha value is -1.73. The first-order valence-electron chi connectivity index (χ1n) is 6.75. The minimum Gasteiger partial charge on any atom is -0.396 e. The van der Waals surface area contributed by atoms with E-state index in [0.29, 0.717) is 0 Å². The van der Waals surface area contributed by atoms with Gasteiger partial charge in [0.1, 0.15) is 0 Å². The van der Waals surface area contributed by atoms with Crippen molar-refractivity contribution >= 4 is 10.1 Å². The predicted molar refractivity (Wildman–Crippen MR) is 84.1 cm³/mol. The van der Waals surface area contributed by atoms with Gasteiger partial charge in [-0.15, -0.1) is 0 Å². The summed E-state index contributed by atoms with van der Waals surface area (Å²) in [5, 5.41) is 17.7. The van der Waals surface area contributed by atoms with E-state index in [1.807, 2.05) is 30.3 Å². The Kier molecular flexibility index (Phi) is 7.76. The van der Waals surface area contributed by atoms with E-state index in [1.54, 1.807) is 18.2 Å². The Morgan fingerprint density at radius 3 is 1.64 bits per heavy atom. The van der Waals surface area contributed by atoms with Crippen molar-refractivity contribution in [2.24, 2.45) is 5.92 Å². The molecular formula is C16H20O5S. The number of rotatable bonds is 5. The van der Waals surface area contributed by atoms with Crippen LogP contribution >= 0.6 is 0 Å². The van der Waals surface area contributed by atoms with Crippen molar-refractivity contribution in [1.29, 1.82) is 0 Å². The molecular weight excluding hydrogens is 304 g/mol. The highest BCUT2D eigenvalue weighted by Crippen LogP contribution is 2.07. The standard InChI is InChI=1S/C10H14O2.C6H6O3S/c11-7-10(8-12)6-9-4-2-1-3-5-9;7-10(8,9)6-4-2-1-3-5-6/h1-5,10-12H,6-8H2;1-5H,(H,7,8,9). The van der Waals surface area contributed by atoms with Gasteiger partial charge in [-0.2, -0.15) is 8.42 Å². The van der Waals surface area contributed by atoms with Crippen molar-refractivity contribution in [2.45, 2.75) is 11.3 Å².